The lowest BCUT2D eigenvalue weighted by molar-refractivity contribution is 0.242. The molecule has 0 saturated heterocycles. The second-order valence-corrected chi connectivity index (χ2v) is 6.89. The average Bonchev–Trinajstić information content (AvgIpc) is 2.82. The van der Waals surface area contributed by atoms with E-state index in [4.69, 9.17) is 4.74 Å². The van der Waals surface area contributed by atoms with E-state index in [9.17, 15) is 0 Å². The first kappa shape index (κ1) is 14.4. The average molecular weight is 363 g/mol. The smallest absolute Gasteiger partial charge is 0.188 e. The van der Waals surface area contributed by atoms with Gasteiger partial charge in [0.25, 0.3) is 0 Å². The summed E-state index contributed by atoms with van der Waals surface area (Å²) in [6, 6.07) is 14.0. The molecule has 21 heavy (non-hydrogen) atoms. The van der Waals surface area contributed by atoms with Crippen molar-refractivity contribution in [3.05, 3.63) is 46.9 Å². The third-order valence-corrected chi connectivity index (χ3v) is 4.25. The van der Waals surface area contributed by atoms with Crippen LogP contribution in [0.25, 0.3) is 10.2 Å². The van der Waals surface area contributed by atoms with E-state index in [1.165, 1.54) is 0 Å². The zero-order valence-corrected chi connectivity index (χ0v) is 14.2. The van der Waals surface area contributed by atoms with Crippen molar-refractivity contribution < 1.29 is 4.74 Å². The molecule has 0 radical (unpaired) electrons. The van der Waals surface area contributed by atoms with Crippen molar-refractivity contribution in [3.63, 3.8) is 0 Å². The Morgan fingerprint density at radius 3 is 2.62 bits per heavy atom. The lowest BCUT2D eigenvalue weighted by Crippen LogP contribution is -2.05. The molecule has 1 heterocycles. The SMILES string of the molecule is CC(C)Oc1ccc(Nc2nc3ccc(Br)cc3s2)cc1. The highest BCUT2D eigenvalue weighted by Crippen LogP contribution is 2.30. The fourth-order valence-electron chi connectivity index (χ4n) is 1.96. The van der Waals surface area contributed by atoms with Gasteiger partial charge in [0, 0.05) is 10.2 Å². The lowest BCUT2D eigenvalue weighted by atomic mass is 10.3. The van der Waals surface area contributed by atoms with Crippen molar-refractivity contribution in [2.45, 2.75) is 20.0 Å². The van der Waals surface area contributed by atoms with Gasteiger partial charge in [0.1, 0.15) is 5.75 Å². The predicted octanol–water partition coefficient (Wildman–Crippen LogP) is 5.59. The summed E-state index contributed by atoms with van der Waals surface area (Å²) >= 11 is 5.12. The quantitative estimate of drug-likeness (QED) is 0.656. The normalized spacial score (nSPS) is 11.0. The molecule has 3 nitrogen and oxygen atoms in total. The van der Waals surface area contributed by atoms with Crippen molar-refractivity contribution in [1.82, 2.24) is 4.98 Å². The molecule has 2 aromatic carbocycles. The van der Waals surface area contributed by atoms with Gasteiger partial charge >= 0.3 is 0 Å². The molecule has 1 N–H and O–H groups in total. The minimum Gasteiger partial charge on any atom is -0.491 e. The molecule has 0 bridgehead atoms. The van der Waals surface area contributed by atoms with Gasteiger partial charge in [-0.2, -0.15) is 0 Å². The standard InChI is InChI=1S/C16H15BrN2OS/c1-10(2)20-13-6-4-12(5-7-13)18-16-19-14-8-3-11(17)9-15(14)21-16/h3-10H,1-2H3,(H,18,19). The number of ether oxygens (including phenoxy) is 1. The molecular weight excluding hydrogens is 348 g/mol. The fraction of sp³-hybridized carbons (Fsp3) is 0.188. The van der Waals surface area contributed by atoms with Crippen LogP contribution in [0.3, 0.4) is 0 Å². The van der Waals surface area contributed by atoms with E-state index < -0.39 is 0 Å². The molecule has 0 unspecified atom stereocenters. The van der Waals surface area contributed by atoms with Crippen molar-refractivity contribution in [1.29, 1.82) is 0 Å². The van der Waals surface area contributed by atoms with Crippen LogP contribution in [0.15, 0.2) is 46.9 Å². The van der Waals surface area contributed by atoms with Crippen LogP contribution in [0.5, 0.6) is 5.75 Å². The second-order valence-electron chi connectivity index (χ2n) is 4.95. The number of nitrogens with one attached hydrogen (secondary N) is 1. The van der Waals surface area contributed by atoms with Crippen LogP contribution in [-0.4, -0.2) is 11.1 Å². The number of rotatable bonds is 4. The molecule has 0 aliphatic heterocycles. The molecule has 3 aromatic rings. The summed E-state index contributed by atoms with van der Waals surface area (Å²) in [6.45, 7) is 4.04. The Labute approximate surface area is 136 Å². The molecule has 0 saturated carbocycles. The van der Waals surface area contributed by atoms with Gasteiger partial charge in [-0.15, -0.1) is 0 Å². The summed E-state index contributed by atoms with van der Waals surface area (Å²) < 4.78 is 7.86. The molecule has 0 spiro atoms. The van der Waals surface area contributed by atoms with E-state index in [1.807, 2.05) is 50.2 Å². The molecule has 3 rings (SSSR count). The Hall–Kier alpha value is -1.59. The Morgan fingerprint density at radius 1 is 1.14 bits per heavy atom. The number of halogens is 1. The van der Waals surface area contributed by atoms with Crippen molar-refractivity contribution in [2.24, 2.45) is 0 Å². The maximum Gasteiger partial charge on any atom is 0.188 e. The maximum atomic E-state index is 5.63. The van der Waals surface area contributed by atoms with Crippen LogP contribution < -0.4 is 10.1 Å². The fourth-order valence-corrected chi connectivity index (χ4v) is 3.40. The highest BCUT2D eigenvalue weighted by Gasteiger charge is 2.05. The number of anilines is 2. The van der Waals surface area contributed by atoms with Gasteiger partial charge in [-0.25, -0.2) is 4.98 Å². The largest absolute Gasteiger partial charge is 0.491 e. The Bertz CT molecular complexity index is 753. The Balaban J connectivity index is 1.78. The summed E-state index contributed by atoms with van der Waals surface area (Å²) in [5.41, 5.74) is 2.01. The number of benzene rings is 2. The Kier molecular flexibility index (Phi) is 4.12. The first-order valence-electron chi connectivity index (χ1n) is 6.70. The summed E-state index contributed by atoms with van der Waals surface area (Å²) in [4.78, 5) is 4.58. The van der Waals surface area contributed by atoms with E-state index in [1.54, 1.807) is 11.3 Å². The zero-order chi connectivity index (χ0) is 14.8. The molecule has 0 atom stereocenters. The van der Waals surface area contributed by atoms with Gasteiger partial charge < -0.3 is 10.1 Å². The first-order chi connectivity index (χ1) is 10.1. The van der Waals surface area contributed by atoms with Gasteiger partial charge in [0.2, 0.25) is 0 Å². The van der Waals surface area contributed by atoms with Gasteiger partial charge in [0.15, 0.2) is 5.13 Å². The molecule has 0 aliphatic carbocycles. The van der Waals surface area contributed by atoms with Gasteiger partial charge in [-0.3, -0.25) is 0 Å². The molecule has 5 heteroatoms. The van der Waals surface area contributed by atoms with Gasteiger partial charge in [-0.05, 0) is 56.3 Å². The molecular formula is C16H15BrN2OS. The van der Waals surface area contributed by atoms with Crippen LogP contribution in [0.2, 0.25) is 0 Å². The number of nitrogens with zero attached hydrogens (tertiary/aromatic N) is 1. The van der Waals surface area contributed by atoms with Crippen LogP contribution in [0.1, 0.15) is 13.8 Å². The summed E-state index contributed by atoms with van der Waals surface area (Å²) in [6.07, 6.45) is 0.187. The van der Waals surface area contributed by atoms with Crippen LogP contribution >= 0.6 is 27.3 Å². The van der Waals surface area contributed by atoms with E-state index in [0.717, 1.165) is 31.3 Å². The number of fused-ring (bicyclic) bond motifs is 1. The minimum atomic E-state index is 0.187. The number of hydrogen-bond donors (Lipinski definition) is 1. The van der Waals surface area contributed by atoms with E-state index in [-0.39, 0.29) is 6.10 Å². The predicted molar refractivity (Wildman–Crippen MR) is 92.8 cm³/mol. The second kappa shape index (κ2) is 6.03. The molecule has 0 fully saturated rings. The Morgan fingerprint density at radius 2 is 1.90 bits per heavy atom. The first-order valence-corrected chi connectivity index (χ1v) is 8.31. The van der Waals surface area contributed by atoms with E-state index >= 15 is 0 Å². The number of thiazole rings is 1. The highest BCUT2D eigenvalue weighted by atomic mass is 79.9. The third kappa shape index (κ3) is 3.54. The topological polar surface area (TPSA) is 34.1 Å². The summed E-state index contributed by atoms with van der Waals surface area (Å²) in [5, 5.41) is 4.22. The minimum absolute atomic E-state index is 0.187. The van der Waals surface area contributed by atoms with Gasteiger partial charge in [0.05, 0.1) is 16.3 Å². The van der Waals surface area contributed by atoms with Crippen LogP contribution in [-0.2, 0) is 0 Å². The molecule has 1 aromatic heterocycles. The monoisotopic (exact) mass is 362 g/mol. The maximum absolute atomic E-state index is 5.63. The zero-order valence-electron chi connectivity index (χ0n) is 11.8. The highest BCUT2D eigenvalue weighted by molar-refractivity contribution is 9.10. The molecule has 108 valence electrons. The van der Waals surface area contributed by atoms with Crippen molar-refractivity contribution in [2.75, 3.05) is 5.32 Å². The number of aromatic nitrogens is 1. The van der Waals surface area contributed by atoms with E-state index in [0.29, 0.717) is 0 Å². The van der Waals surface area contributed by atoms with Crippen molar-refractivity contribution >= 4 is 48.3 Å². The van der Waals surface area contributed by atoms with Crippen molar-refractivity contribution in [3.8, 4) is 5.75 Å². The third-order valence-electron chi connectivity index (χ3n) is 2.83. The lowest BCUT2D eigenvalue weighted by Gasteiger charge is -2.10. The molecule has 0 amide bonds. The van der Waals surface area contributed by atoms with Crippen LogP contribution in [0, 0.1) is 0 Å². The van der Waals surface area contributed by atoms with Gasteiger partial charge in [-0.1, -0.05) is 27.3 Å². The number of hydrogen-bond acceptors (Lipinski definition) is 4. The van der Waals surface area contributed by atoms with E-state index in [2.05, 4.69) is 32.3 Å². The molecule has 0 aliphatic rings. The van der Waals surface area contributed by atoms with Crippen LogP contribution in [0.4, 0.5) is 10.8 Å². The summed E-state index contributed by atoms with van der Waals surface area (Å²) in [5.74, 6) is 0.879. The summed E-state index contributed by atoms with van der Waals surface area (Å²) in [7, 11) is 0.